The fraction of sp³-hybridized carbons (Fsp3) is 0.300. The average molecular weight is 319 g/mol. The zero-order valence-electron chi connectivity index (χ0n) is 13.6. The van der Waals surface area contributed by atoms with Crippen LogP contribution in [0, 0.1) is 0 Å². The van der Waals surface area contributed by atoms with Gasteiger partial charge in [0.2, 0.25) is 0 Å². The van der Waals surface area contributed by atoms with E-state index in [0.717, 1.165) is 31.5 Å². The fourth-order valence-corrected chi connectivity index (χ4v) is 3.32. The molecule has 0 aliphatic carbocycles. The van der Waals surface area contributed by atoms with Crippen molar-refractivity contribution in [1.82, 2.24) is 9.91 Å². The van der Waals surface area contributed by atoms with Crippen molar-refractivity contribution in [1.29, 1.82) is 0 Å². The predicted octanol–water partition coefficient (Wildman–Crippen LogP) is 3.33. The summed E-state index contributed by atoms with van der Waals surface area (Å²) in [5.41, 5.74) is 2.06. The molecule has 0 radical (unpaired) electrons. The monoisotopic (exact) mass is 319 g/mol. The number of nitrogens with zero attached hydrogens (tertiary/aromatic N) is 3. The molecule has 0 saturated carbocycles. The number of carbonyl (C=O) groups is 1. The van der Waals surface area contributed by atoms with Gasteiger partial charge in [-0.3, -0.25) is 9.80 Å². The van der Waals surface area contributed by atoms with Gasteiger partial charge in [0.05, 0.1) is 18.6 Å². The first-order valence-corrected chi connectivity index (χ1v) is 8.54. The van der Waals surface area contributed by atoms with Crippen LogP contribution in [0.1, 0.15) is 34.8 Å². The van der Waals surface area contributed by atoms with Crippen LogP contribution in [0.5, 0.6) is 0 Å². The molecule has 4 nitrogen and oxygen atoms in total. The number of hydrogen-bond donors (Lipinski definition) is 0. The van der Waals surface area contributed by atoms with Crippen molar-refractivity contribution in [3.8, 4) is 0 Å². The summed E-state index contributed by atoms with van der Waals surface area (Å²) in [6.07, 6.45) is 3.99. The van der Waals surface area contributed by atoms with E-state index in [1.807, 2.05) is 47.5 Å². The second kappa shape index (κ2) is 6.48. The third kappa shape index (κ3) is 3.04. The molecule has 2 saturated heterocycles. The van der Waals surface area contributed by atoms with E-state index < -0.39 is 0 Å². The molecule has 2 aromatic carbocycles. The second-order valence-corrected chi connectivity index (χ2v) is 6.39. The number of amides is 1. The Kier molecular flexibility index (Phi) is 4.03. The first kappa shape index (κ1) is 14.9. The van der Waals surface area contributed by atoms with Crippen molar-refractivity contribution in [2.24, 2.45) is 5.10 Å². The van der Waals surface area contributed by atoms with Crippen molar-refractivity contribution < 1.29 is 4.79 Å². The van der Waals surface area contributed by atoms with E-state index >= 15 is 0 Å². The molecule has 0 spiro atoms. The van der Waals surface area contributed by atoms with Crippen LogP contribution in [0.4, 0.5) is 0 Å². The maximum Gasteiger partial charge on any atom is 0.254 e. The van der Waals surface area contributed by atoms with E-state index in [0.29, 0.717) is 6.04 Å². The number of likely N-dealkylation sites (tertiary alicyclic amines) is 1. The van der Waals surface area contributed by atoms with Gasteiger partial charge in [0.1, 0.15) is 0 Å². The highest BCUT2D eigenvalue weighted by Gasteiger charge is 2.35. The Bertz CT molecular complexity index is 729. The molecule has 2 aliphatic heterocycles. The van der Waals surface area contributed by atoms with Gasteiger partial charge in [-0.25, -0.2) is 0 Å². The Morgan fingerprint density at radius 3 is 2.50 bits per heavy atom. The summed E-state index contributed by atoms with van der Waals surface area (Å²) in [7, 11) is 0. The normalized spacial score (nSPS) is 23.0. The van der Waals surface area contributed by atoms with Crippen LogP contribution in [-0.2, 0) is 0 Å². The van der Waals surface area contributed by atoms with Crippen molar-refractivity contribution >= 4 is 12.1 Å². The summed E-state index contributed by atoms with van der Waals surface area (Å²) in [4.78, 5) is 14.6. The van der Waals surface area contributed by atoms with Gasteiger partial charge in [0, 0.05) is 18.3 Å². The molecule has 2 aromatic rings. The molecule has 4 rings (SSSR count). The lowest BCUT2D eigenvalue weighted by atomic mass is 10.2. The summed E-state index contributed by atoms with van der Waals surface area (Å²) >= 11 is 0. The maximum absolute atomic E-state index is 12.7. The molecule has 1 amide bonds. The van der Waals surface area contributed by atoms with E-state index in [4.69, 9.17) is 0 Å². The van der Waals surface area contributed by atoms with Gasteiger partial charge in [0.25, 0.3) is 5.91 Å². The predicted molar refractivity (Wildman–Crippen MR) is 94.9 cm³/mol. The average Bonchev–Trinajstić information content (AvgIpc) is 3.28. The Morgan fingerprint density at radius 1 is 1.04 bits per heavy atom. The zero-order valence-corrected chi connectivity index (χ0v) is 13.6. The summed E-state index contributed by atoms with van der Waals surface area (Å²) in [5.74, 6) is 0.106. The summed E-state index contributed by atoms with van der Waals surface area (Å²) < 4.78 is 0. The maximum atomic E-state index is 12.7. The molecule has 2 fully saturated rings. The van der Waals surface area contributed by atoms with Gasteiger partial charge in [-0.15, -0.1) is 0 Å². The van der Waals surface area contributed by atoms with Crippen LogP contribution in [0.2, 0.25) is 0 Å². The molecule has 122 valence electrons. The molecule has 4 heteroatoms. The van der Waals surface area contributed by atoms with Crippen molar-refractivity contribution in [3.63, 3.8) is 0 Å². The number of hydrogen-bond acceptors (Lipinski definition) is 3. The highest BCUT2D eigenvalue weighted by molar-refractivity contribution is 5.96. The second-order valence-electron chi connectivity index (χ2n) is 6.39. The van der Waals surface area contributed by atoms with Gasteiger partial charge < -0.3 is 4.90 Å². The minimum absolute atomic E-state index is 0.106. The molecule has 2 unspecified atom stereocenters. The minimum Gasteiger partial charge on any atom is -0.331 e. The highest BCUT2D eigenvalue weighted by atomic mass is 16.2. The third-order valence-corrected chi connectivity index (χ3v) is 4.74. The molecule has 0 aromatic heterocycles. The smallest absolute Gasteiger partial charge is 0.254 e. The third-order valence-electron chi connectivity index (χ3n) is 4.74. The molecule has 2 heterocycles. The van der Waals surface area contributed by atoms with E-state index in [-0.39, 0.29) is 11.9 Å². The highest BCUT2D eigenvalue weighted by Crippen LogP contribution is 2.34. The topological polar surface area (TPSA) is 35.7 Å². The Balaban J connectivity index is 1.40. The first-order chi connectivity index (χ1) is 11.8. The summed E-state index contributed by atoms with van der Waals surface area (Å²) in [6, 6.07) is 20.4. The van der Waals surface area contributed by atoms with E-state index in [2.05, 4.69) is 34.4 Å². The largest absolute Gasteiger partial charge is 0.331 e. The molecule has 24 heavy (non-hydrogen) atoms. The van der Waals surface area contributed by atoms with Crippen LogP contribution in [0.3, 0.4) is 0 Å². The van der Waals surface area contributed by atoms with Crippen molar-refractivity contribution in [2.75, 3.05) is 13.1 Å². The minimum atomic E-state index is 0.106. The molecule has 2 atom stereocenters. The van der Waals surface area contributed by atoms with Crippen LogP contribution >= 0.6 is 0 Å². The summed E-state index contributed by atoms with van der Waals surface area (Å²) in [6.45, 7) is 1.77. The standard InChI is InChI=1S/C20H21N3O/c24-20(17-10-5-2-6-11-17)22-13-7-12-18(22)14-21-23-15-19(23)16-8-3-1-4-9-16/h1-6,8-11,14,18-19H,7,12-13,15H2/b21-14+. The van der Waals surface area contributed by atoms with Crippen molar-refractivity contribution in [2.45, 2.75) is 24.9 Å². The number of hydrazone groups is 1. The lowest BCUT2D eigenvalue weighted by molar-refractivity contribution is 0.0771. The number of benzene rings is 2. The number of carbonyl (C=O) groups excluding carboxylic acids is 1. The van der Waals surface area contributed by atoms with Gasteiger partial charge in [-0.1, -0.05) is 48.5 Å². The molecular formula is C20H21N3O. The van der Waals surface area contributed by atoms with Gasteiger partial charge in [0.15, 0.2) is 0 Å². The van der Waals surface area contributed by atoms with Crippen LogP contribution in [-0.4, -0.2) is 41.2 Å². The lowest BCUT2D eigenvalue weighted by Crippen LogP contribution is -2.36. The van der Waals surface area contributed by atoms with E-state index in [9.17, 15) is 4.79 Å². The van der Waals surface area contributed by atoms with Crippen molar-refractivity contribution in [3.05, 3.63) is 71.8 Å². The van der Waals surface area contributed by atoms with Gasteiger partial charge >= 0.3 is 0 Å². The Labute approximate surface area is 142 Å². The van der Waals surface area contributed by atoms with Gasteiger partial charge in [-0.05, 0) is 30.5 Å². The quantitative estimate of drug-likeness (QED) is 0.640. The Morgan fingerprint density at radius 2 is 1.75 bits per heavy atom. The number of rotatable bonds is 4. The van der Waals surface area contributed by atoms with Crippen LogP contribution in [0.15, 0.2) is 65.8 Å². The van der Waals surface area contributed by atoms with E-state index in [1.54, 1.807) is 0 Å². The Hall–Kier alpha value is -2.62. The van der Waals surface area contributed by atoms with E-state index in [1.165, 1.54) is 5.56 Å². The lowest BCUT2D eigenvalue weighted by Gasteiger charge is -2.21. The molecule has 0 bridgehead atoms. The van der Waals surface area contributed by atoms with Crippen LogP contribution < -0.4 is 0 Å². The molecule has 2 aliphatic rings. The van der Waals surface area contributed by atoms with Gasteiger partial charge in [-0.2, -0.15) is 5.10 Å². The molecular weight excluding hydrogens is 298 g/mol. The zero-order chi connectivity index (χ0) is 16.4. The fourth-order valence-electron chi connectivity index (χ4n) is 3.32. The first-order valence-electron chi connectivity index (χ1n) is 8.54. The molecule has 0 N–H and O–H groups in total. The van der Waals surface area contributed by atoms with Crippen LogP contribution in [0.25, 0.3) is 0 Å². The SMILES string of the molecule is O=C(c1ccccc1)N1CCCC1/C=N/N1CC1c1ccccc1. The summed E-state index contributed by atoms with van der Waals surface area (Å²) in [5, 5.41) is 6.70.